The van der Waals surface area contributed by atoms with E-state index in [0.29, 0.717) is 42.2 Å². The number of hydrogen-bond donors (Lipinski definition) is 0. The predicted octanol–water partition coefficient (Wildman–Crippen LogP) is 7.16. The smallest absolute Gasteiger partial charge is 0.304 e. The van der Waals surface area contributed by atoms with Crippen molar-refractivity contribution in [1.82, 2.24) is 39.0 Å². The normalized spacial score (nSPS) is 11.2. The second-order valence-corrected chi connectivity index (χ2v) is 12.2. The van der Waals surface area contributed by atoms with Crippen molar-refractivity contribution in [2.75, 3.05) is 14.2 Å². The summed E-state index contributed by atoms with van der Waals surface area (Å²) in [7, 11) is 3.05. The number of benzene rings is 2. The van der Waals surface area contributed by atoms with E-state index in [0.717, 1.165) is 51.6 Å². The van der Waals surface area contributed by atoms with Gasteiger partial charge in [-0.1, -0.05) is 39.8 Å². The molecular weight excluding hydrogens is 608 g/mol. The van der Waals surface area contributed by atoms with Gasteiger partial charge < -0.3 is 9.47 Å². The average molecular weight is 649 g/mol. The van der Waals surface area contributed by atoms with Crippen LogP contribution in [0.5, 0.6) is 12.0 Å². The zero-order valence-electron chi connectivity index (χ0n) is 28.1. The second-order valence-electron chi connectivity index (χ2n) is 12.2. The van der Waals surface area contributed by atoms with E-state index in [4.69, 9.17) is 9.47 Å². The van der Waals surface area contributed by atoms with Gasteiger partial charge in [0, 0.05) is 48.8 Å². The molecule has 0 radical (unpaired) electrons. The van der Waals surface area contributed by atoms with Gasteiger partial charge in [-0.3, -0.25) is 9.59 Å². The van der Waals surface area contributed by atoms with Crippen LogP contribution in [0.3, 0.4) is 0 Å². The second kappa shape index (κ2) is 15.4. The quantitative estimate of drug-likeness (QED) is 0.150. The van der Waals surface area contributed by atoms with Crippen LogP contribution < -0.4 is 9.47 Å². The van der Waals surface area contributed by atoms with E-state index in [-0.39, 0.29) is 11.8 Å². The summed E-state index contributed by atoms with van der Waals surface area (Å²) in [6, 6.07) is 12.1. The van der Waals surface area contributed by atoms with Crippen molar-refractivity contribution in [3.8, 4) is 34.3 Å². The number of aromatic nitrogens is 8. The molecule has 48 heavy (non-hydrogen) atoms. The molecule has 248 valence electrons. The summed E-state index contributed by atoms with van der Waals surface area (Å²) in [4.78, 5) is 50.3. The predicted molar refractivity (Wildman–Crippen MR) is 184 cm³/mol. The summed E-state index contributed by atoms with van der Waals surface area (Å²) >= 11 is 0. The fraction of sp³-hybridized carbons (Fsp3) is 0.333. The topological polar surface area (TPSA) is 140 Å². The van der Waals surface area contributed by atoms with E-state index in [1.807, 2.05) is 36.4 Å². The minimum Gasteiger partial charge on any atom is -0.468 e. The van der Waals surface area contributed by atoms with Gasteiger partial charge in [-0.05, 0) is 60.1 Å². The number of carbonyl (C=O) groups is 2. The molecule has 0 atom stereocenters. The van der Waals surface area contributed by atoms with Crippen LogP contribution in [0.2, 0.25) is 0 Å². The van der Waals surface area contributed by atoms with Crippen LogP contribution in [0.4, 0.5) is 0 Å². The molecule has 0 N–H and O–H groups in total. The lowest BCUT2D eigenvalue weighted by atomic mass is 10.1. The van der Waals surface area contributed by atoms with Crippen molar-refractivity contribution in [1.29, 1.82) is 0 Å². The summed E-state index contributed by atoms with van der Waals surface area (Å²) in [5.74, 6) is 0.925. The molecule has 0 saturated carbocycles. The van der Waals surface area contributed by atoms with Gasteiger partial charge in [0.1, 0.15) is 12.7 Å². The Morgan fingerprint density at radius 2 is 1.06 bits per heavy atom. The van der Waals surface area contributed by atoms with Gasteiger partial charge in [0.2, 0.25) is 11.8 Å². The maximum Gasteiger partial charge on any atom is 0.304 e. The van der Waals surface area contributed by atoms with Gasteiger partial charge in [-0.25, -0.2) is 29.1 Å². The first-order valence-corrected chi connectivity index (χ1v) is 15.9. The lowest BCUT2D eigenvalue weighted by Crippen LogP contribution is -2.12. The minimum absolute atomic E-state index is 0.00107. The Balaban J connectivity index is 0.000000188. The highest BCUT2D eigenvalue weighted by Crippen LogP contribution is 2.29. The van der Waals surface area contributed by atoms with Crippen molar-refractivity contribution < 1.29 is 19.1 Å². The standard InChI is InChI=1S/2C18H20N4O2/c1-12(2)4-7-17(23)22-16-6-5-13(14-9-19-11-20-10-14)8-15(16)21-18(22)24-3;1-12(2)4-7-17(23)22-16-8-13(14-9-19-11-20-10-14)5-6-15(16)21-18(22)24-3/h2*5-6,8-12H,4,7H2,1-3H3. The molecule has 0 aliphatic rings. The molecule has 0 aliphatic carbocycles. The van der Waals surface area contributed by atoms with Gasteiger partial charge in [0.15, 0.2) is 0 Å². The third-order valence-electron chi connectivity index (χ3n) is 7.77. The molecule has 4 aromatic heterocycles. The number of hydrogen-bond acceptors (Lipinski definition) is 10. The van der Waals surface area contributed by atoms with Crippen LogP contribution >= 0.6 is 0 Å². The van der Waals surface area contributed by atoms with E-state index in [2.05, 4.69) is 57.6 Å². The number of fused-ring (bicyclic) bond motifs is 2. The summed E-state index contributed by atoms with van der Waals surface area (Å²) in [6.45, 7) is 8.41. The summed E-state index contributed by atoms with van der Waals surface area (Å²) in [6.07, 6.45) is 12.5. The molecule has 0 amide bonds. The first-order valence-electron chi connectivity index (χ1n) is 15.9. The lowest BCUT2D eigenvalue weighted by molar-refractivity contribution is 0.0880. The fourth-order valence-corrected chi connectivity index (χ4v) is 5.17. The van der Waals surface area contributed by atoms with Gasteiger partial charge in [-0.2, -0.15) is 9.97 Å². The van der Waals surface area contributed by atoms with E-state index in [1.54, 1.807) is 33.9 Å². The van der Waals surface area contributed by atoms with Crippen LogP contribution in [-0.4, -0.2) is 65.1 Å². The first-order chi connectivity index (χ1) is 23.2. The third-order valence-corrected chi connectivity index (χ3v) is 7.77. The number of rotatable bonds is 10. The van der Waals surface area contributed by atoms with Gasteiger partial charge >= 0.3 is 12.0 Å². The Morgan fingerprint density at radius 1 is 0.604 bits per heavy atom. The van der Waals surface area contributed by atoms with Gasteiger partial charge in [0.05, 0.1) is 36.3 Å². The molecule has 2 aromatic carbocycles. The molecule has 12 nitrogen and oxygen atoms in total. The monoisotopic (exact) mass is 648 g/mol. The number of imidazole rings is 2. The maximum atomic E-state index is 12.7. The fourth-order valence-electron chi connectivity index (χ4n) is 5.17. The molecule has 0 fully saturated rings. The van der Waals surface area contributed by atoms with Crippen molar-refractivity contribution in [2.24, 2.45) is 11.8 Å². The maximum absolute atomic E-state index is 12.7. The van der Waals surface area contributed by atoms with Crippen LogP contribution in [0.1, 0.15) is 63.0 Å². The Bertz CT molecular complexity index is 2000. The molecule has 6 rings (SSSR count). The summed E-state index contributed by atoms with van der Waals surface area (Å²) < 4.78 is 13.7. The average Bonchev–Trinajstić information content (AvgIpc) is 3.68. The molecule has 0 saturated heterocycles. The van der Waals surface area contributed by atoms with E-state index in [9.17, 15) is 9.59 Å². The largest absolute Gasteiger partial charge is 0.468 e. The van der Waals surface area contributed by atoms with Crippen molar-refractivity contribution in [2.45, 2.75) is 53.4 Å². The molecule has 0 spiro atoms. The zero-order chi connectivity index (χ0) is 34.2. The number of carbonyl (C=O) groups excluding carboxylic acids is 2. The van der Waals surface area contributed by atoms with Gasteiger partial charge in [0.25, 0.3) is 0 Å². The third kappa shape index (κ3) is 7.71. The molecule has 0 unspecified atom stereocenters. The zero-order valence-corrected chi connectivity index (χ0v) is 28.1. The van der Waals surface area contributed by atoms with E-state index >= 15 is 0 Å². The highest BCUT2D eigenvalue weighted by molar-refractivity contribution is 5.95. The molecule has 4 heterocycles. The Morgan fingerprint density at radius 3 is 1.56 bits per heavy atom. The molecule has 6 aromatic rings. The highest BCUT2D eigenvalue weighted by atomic mass is 16.5. The Labute approximate surface area is 279 Å². The van der Waals surface area contributed by atoms with Gasteiger partial charge in [-0.15, -0.1) is 0 Å². The van der Waals surface area contributed by atoms with Crippen LogP contribution in [0, 0.1) is 11.8 Å². The number of methoxy groups -OCH3 is 2. The summed E-state index contributed by atoms with van der Waals surface area (Å²) in [5.41, 5.74) is 6.60. The van der Waals surface area contributed by atoms with Crippen LogP contribution in [0.15, 0.2) is 73.8 Å². The molecule has 0 bridgehead atoms. The Hall–Kier alpha value is -5.52. The molecular formula is C36H40N8O4. The van der Waals surface area contributed by atoms with Crippen molar-refractivity contribution in [3.63, 3.8) is 0 Å². The van der Waals surface area contributed by atoms with Crippen LogP contribution in [-0.2, 0) is 0 Å². The number of ether oxygens (including phenoxy) is 2. The Kier molecular flexibility index (Phi) is 10.8. The molecule has 0 aliphatic heterocycles. The number of nitrogens with zero attached hydrogens (tertiary/aromatic N) is 8. The minimum atomic E-state index is -0.00971. The first kappa shape index (κ1) is 33.8. The highest BCUT2D eigenvalue weighted by Gasteiger charge is 2.20. The summed E-state index contributed by atoms with van der Waals surface area (Å²) in [5, 5.41) is 0. The van der Waals surface area contributed by atoms with Crippen LogP contribution in [0.25, 0.3) is 44.3 Å². The SMILES string of the molecule is COc1nc2cc(-c3cncnc3)ccc2n1C(=O)CCC(C)C.COc1nc2ccc(-c3cncnc3)cc2n1C(=O)CCC(C)C. The van der Waals surface area contributed by atoms with E-state index < -0.39 is 0 Å². The lowest BCUT2D eigenvalue weighted by Gasteiger charge is -2.08. The van der Waals surface area contributed by atoms with Crippen molar-refractivity contribution in [3.05, 3.63) is 73.8 Å². The van der Waals surface area contributed by atoms with E-state index in [1.165, 1.54) is 26.9 Å². The van der Waals surface area contributed by atoms with Crippen molar-refractivity contribution >= 4 is 33.9 Å². The molecule has 12 heteroatoms.